The second kappa shape index (κ2) is 7.47. The Morgan fingerprint density at radius 1 is 1.11 bits per heavy atom. The monoisotopic (exact) mass is 279 g/mol. The predicted octanol–water partition coefficient (Wildman–Crippen LogP) is 1.35. The Morgan fingerprint density at radius 2 is 1.72 bits per heavy atom. The topological polar surface area (TPSA) is 47.6 Å². The lowest BCUT2D eigenvalue weighted by atomic mass is 10.3. The van der Waals surface area contributed by atoms with Gasteiger partial charge in [-0.05, 0) is 6.42 Å². The molecule has 0 aromatic rings. The van der Waals surface area contributed by atoms with E-state index in [1.54, 1.807) is 0 Å². The Morgan fingerprint density at radius 3 is 2.22 bits per heavy atom. The van der Waals surface area contributed by atoms with Gasteiger partial charge in [-0.1, -0.05) is 0 Å². The first-order valence-electron chi connectivity index (χ1n) is 5.03. The second-order valence-corrected chi connectivity index (χ2v) is 3.29. The summed E-state index contributed by atoms with van der Waals surface area (Å²) >= 11 is 0. The lowest BCUT2D eigenvalue weighted by molar-refractivity contribution is -0.269. The molecule has 0 saturated carbocycles. The van der Waals surface area contributed by atoms with Crippen molar-refractivity contribution >= 4 is 5.91 Å². The van der Waals surface area contributed by atoms with Crippen molar-refractivity contribution in [2.45, 2.75) is 18.5 Å². The largest absolute Gasteiger partial charge is 0.463 e. The second-order valence-electron chi connectivity index (χ2n) is 3.29. The molecular formula is C9H14F5NO3. The third-order valence-corrected chi connectivity index (χ3v) is 1.82. The van der Waals surface area contributed by atoms with Gasteiger partial charge in [-0.2, -0.15) is 22.0 Å². The van der Waals surface area contributed by atoms with Gasteiger partial charge in [0, 0.05) is 20.3 Å². The molecular weight excluding hydrogens is 265 g/mol. The van der Waals surface area contributed by atoms with Crippen molar-refractivity contribution in [3.63, 3.8) is 0 Å². The van der Waals surface area contributed by atoms with E-state index in [0.717, 1.165) is 0 Å². The van der Waals surface area contributed by atoms with Crippen molar-refractivity contribution in [1.82, 2.24) is 5.32 Å². The minimum Gasteiger partial charge on any atom is -0.382 e. The summed E-state index contributed by atoms with van der Waals surface area (Å²) in [7, 11) is 1.46. The van der Waals surface area contributed by atoms with Gasteiger partial charge in [0.15, 0.2) is 0 Å². The molecule has 9 heteroatoms. The average Bonchev–Trinajstić information content (AvgIpc) is 2.26. The molecule has 0 aliphatic heterocycles. The molecule has 0 aliphatic carbocycles. The van der Waals surface area contributed by atoms with Gasteiger partial charge in [-0.25, -0.2) is 0 Å². The molecule has 0 aromatic carbocycles. The molecule has 1 N–H and O–H groups in total. The van der Waals surface area contributed by atoms with E-state index in [-0.39, 0.29) is 26.2 Å². The lowest BCUT2D eigenvalue weighted by Crippen LogP contribution is -2.50. The summed E-state index contributed by atoms with van der Waals surface area (Å²) in [6.07, 6.45) is -5.75. The van der Waals surface area contributed by atoms with E-state index in [0.29, 0.717) is 6.61 Å². The van der Waals surface area contributed by atoms with Gasteiger partial charge in [0.05, 0.1) is 13.2 Å². The molecule has 1 amide bonds. The molecule has 0 bridgehead atoms. The Hall–Kier alpha value is -0.960. The molecule has 0 aromatic heterocycles. The molecule has 0 aliphatic rings. The summed E-state index contributed by atoms with van der Waals surface area (Å²) in [5, 5.41) is 1.50. The molecule has 0 fully saturated rings. The minimum atomic E-state index is -5.88. The third kappa shape index (κ3) is 5.58. The lowest BCUT2D eigenvalue weighted by Gasteiger charge is -2.18. The van der Waals surface area contributed by atoms with Gasteiger partial charge in [0.25, 0.3) is 5.91 Å². The van der Waals surface area contributed by atoms with Gasteiger partial charge in [0.1, 0.15) is 0 Å². The number of nitrogens with one attached hydrogen (secondary N) is 1. The van der Waals surface area contributed by atoms with Crippen LogP contribution in [0.15, 0.2) is 0 Å². The number of halogens is 5. The highest BCUT2D eigenvalue weighted by molar-refractivity contribution is 5.84. The van der Waals surface area contributed by atoms with E-state index in [4.69, 9.17) is 4.74 Å². The highest BCUT2D eigenvalue weighted by Gasteiger charge is 2.63. The number of methoxy groups -OCH3 is 1. The Balaban J connectivity index is 3.78. The maximum Gasteiger partial charge on any atom is 0.463 e. The Kier molecular flexibility index (Phi) is 7.07. The first-order chi connectivity index (χ1) is 8.23. The zero-order chi connectivity index (χ0) is 14.2. The number of hydrogen-bond acceptors (Lipinski definition) is 3. The molecule has 18 heavy (non-hydrogen) atoms. The third-order valence-electron chi connectivity index (χ3n) is 1.82. The van der Waals surface area contributed by atoms with E-state index in [2.05, 4.69) is 4.74 Å². The summed E-state index contributed by atoms with van der Waals surface area (Å²) in [6, 6.07) is 0. The zero-order valence-electron chi connectivity index (χ0n) is 9.65. The minimum absolute atomic E-state index is 0.126. The number of carbonyl (C=O) groups is 1. The van der Waals surface area contributed by atoms with Crippen molar-refractivity contribution in [3.05, 3.63) is 0 Å². The van der Waals surface area contributed by atoms with E-state index in [9.17, 15) is 26.7 Å². The van der Waals surface area contributed by atoms with Crippen LogP contribution >= 0.6 is 0 Å². The van der Waals surface area contributed by atoms with E-state index >= 15 is 0 Å². The highest BCUT2D eigenvalue weighted by atomic mass is 19.4. The van der Waals surface area contributed by atoms with E-state index in [1.165, 1.54) is 12.4 Å². The SMILES string of the molecule is COCCOCCCNC(=O)C(F)(F)C(F)(F)F. The fourth-order valence-corrected chi connectivity index (χ4v) is 0.860. The van der Waals surface area contributed by atoms with Crippen LogP contribution in [0.5, 0.6) is 0 Å². The number of hydrogen-bond donors (Lipinski definition) is 1. The number of ether oxygens (including phenoxy) is 2. The number of amides is 1. The molecule has 0 atom stereocenters. The van der Waals surface area contributed by atoms with Crippen LogP contribution in [0, 0.1) is 0 Å². The van der Waals surface area contributed by atoms with Crippen molar-refractivity contribution in [2.75, 3.05) is 33.5 Å². The van der Waals surface area contributed by atoms with Crippen LogP contribution in [0.3, 0.4) is 0 Å². The fourth-order valence-electron chi connectivity index (χ4n) is 0.860. The van der Waals surface area contributed by atoms with Gasteiger partial charge >= 0.3 is 12.1 Å². The molecule has 0 unspecified atom stereocenters. The zero-order valence-corrected chi connectivity index (χ0v) is 9.65. The van der Waals surface area contributed by atoms with Crippen LogP contribution in [0.25, 0.3) is 0 Å². The summed E-state index contributed by atoms with van der Waals surface area (Å²) in [5.74, 6) is -7.73. The van der Waals surface area contributed by atoms with Crippen LogP contribution in [0.1, 0.15) is 6.42 Å². The molecule has 0 heterocycles. The number of alkyl halides is 5. The van der Waals surface area contributed by atoms with Crippen LogP contribution in [0.2, 0.25) is 0 Å². The summed E-state index contributed by atoms with van der Waals surface area (Å²) < 4.78 is 69.7. The van der Waals surface area contributed by atoms with Gasteiger partial charge in [-0.15, -0.1) is 0 Å². The summed E-state index contributed by atoms with van der Waals surface area (Å²) in [4.78, 5) is 10.6. The number of rotatable bonds is 8. The molecule has 0 radical (unpaired) electrons. The van der Waals surface area contributed by atoms with E-state index < -0.39 is 18.0 Å². The van der Waals surface area contributed by atoms with Crippen molar-refractivity contribution in [1.29, 1.82) is 0 Å². The van der Waals surface area contributed by atoms with Crippen LogP contribution in [0.4, 0.5) is 22.0 Å². The molecule has 0 rings (SSSR count). The van der Waals surface area contributed by atoms with Gasteiger partial charge < -0.3 is 14.8 Å². The van der Waals surface area contributed by atoms with Crippen LogP contribution in [-0.4, -0.2) is 51.5 Å². The van der Waals surface area contributed by atoms with Crippen LogP contribution in [-0.2, 0) is 14.3 Å². The summed E-state index contributed by atoms with van der Waals surface area (Å²) in [5.41, 5.74) is 0. The average molecular weight is 279 g/mol. The molecule has 0 spiro atoms. The Bertz CT molecular complexity index is 257. The van der Waals surface area contributed by atoms with Gasteiger partial charge in [0.2, 0.25) is 0 Å². The summed E-state index contributed by atoms with van der Waals surface area (Å²) in [6.45, 7) is 0.431. The molecule has 108 valence electrons. The van der Waals surface area contributed by atoms with Crippen molar-refractivity contribution < 1.29 is 36.2 Å². The first kappa shape index (κ1) is 17.0. The maximum absolute atomic E-state index is 12.4. The van der Waals surface area contributed by atoms with Crippen molar-refractivity contribution in [2.24, 2.45) is 0 Å². The van der Waals surface area contributed by atoms with E-state index in [1.807, 2.05) is 0 Å². The normalized spacial score (nSPS) is 12.6. The number of carbonyl (C=O) groups excluding carboxylic acids is 1. The van der Waals surface area contributed by atoms with Crippen molar-refractivity contribution in [3.8, 4) is 0 Å². The van der Waals surface area contributed by atoms with Gasteiger partial charge in [-0.3, -0.25) is 4.79 Å². The quantitative estimate of drug-likeness (QED) is 0.539. The predicted molar refractivity (Wildman–Crippen MR) is 51.3 cm³/mol. The fraction of sp³-hybridized carbons (Fsp3) is 0.889. The smallest absolute Gasteiger partial charge is 0.382 e. The Labute approximate surface area is 100 Å². The van der Waals surface area contributed by atoms with Crippen LogP contribution < -0.4 is 5.32 Å². The first-order valence-corrected chi connectivity index (χ1v) is 5.03. The molecule has 0 saturated heterocycles. The standard InChI is InChI=1S/C9H14F5NO3/c1-17-5-6-18-4-2-3-15-7(16)8(10,11)9(12,13)14/h2-6H2,1H3,(H,15,16). The maximum atomic E-state index is 12.4. The highest BCUT2D eigenvalue weighted by Crippen LogP contribution is 2.35. The molecule has 4 nitrogen and oxygen atoms in total.